The first-order chi connectivity index (χ1) is 8.95. The van der Waals surface area contributed by atoms with Crippen molar-refractivity contribution in [2.24, 2.45) is 5.92 Å². The molecule has 0 radical (unpaired) electrons. The van der Waals surface area contributed by atoms with Crippen molar-refractivity contribution in [3.05, 3.63) is 23.5 Å². The average molecular weight is 278 g/mol. The Labute approximate surface area is 106 Å². The third-order valence-corrected chi connectivity index (χ3v) is 2.79. The Morgan fingerprint density at radius 2 is 1.79 bits per heavy atom. The van der Waals surface area contributed by atoms with Gasteiger partial charge in [0.1, 0.15) is 5.69 Å². The van der Waals surface area contributed by atoms with E-state index in [1.54, 1.807) is 6.92 Å². The van der Waals surface area contributed by atoms with E-state index in [1.807, 2.05) is 0 Å². The summed E-state index contributed by atoms with van der Waals surface area (Å²) < 4.78 is 57.3. The molecule has 104 valence electrons. The summed E-state index contributed by atoms with van der Waals surface area (Å²) in [5, 5.41) is 0. The van der Waals surface area contributed by atoms with Crippen LogP contribution in [0.25, 0.3) is 0 Å². The number of hydrogen-bond donors (Lipinski definition) is 0. The van der Waals surface area contributed by atoms with Crippen LogP contribution in [0.4, 0.5) is 23.2 Å². The van der Waals surface area contributed by atoms with Crippen LogP contribution < -0.4 is 4.90 Å². The first kappa shape index (κ1) is 13.6. The Hall–Kier alpha value is -1.86. The highest BCUT2D eigenvalue weighted by atomic mass is 19.2. The SMILES string of the molecule is CCOC(=O)C1CN(c2c(F)c(F)nc(F)c2F)C1. The van der Waals surface area contributed by atoms with Crippen LogP contribution >= 0.6 is 0 Å². The summed E-state index contributed by atoms with van der Waals surface area (Å²) >= 11 is 0. The number of hydrogen-bond acceptors (Lipinski definition) is 4. The standard InChI is InChI=1S/C11H10F4N2O2/c1-2-19-11(18)5-3-17(4-5)8-6(12)9(14)16-10(15)7(8)13/h5H,2-4H2,1H3. The molecule has 1 saturated heterocycles. The van der Waals surface area contributed by atoms with Gasteiger partial charge in [0.25, 0.3) is 11.9 Å². The molecule has 0 spiro atoms. The minimum atomic E-state index is -1.71. The van der Waals surface area contributed by atoms with Crippen molar-refractivity contribution in [2.75, 3.05) is 24.6 Å². The monoisotopic (exact) mass is 278 g/mol. The van der Waals surface area contributed by atoms with Gasteiger partial charge in [0, 0.05) is 13.1 Å². The molecule has 1 aliphatic heterocycles. The number of rotatable bonds is 3. The van der Waals surface area contributed by atoms with Gasteiger partial charge in [-0.15, -0.1) is 0 Å². The Kier molecular flexibility index (Phi) is 3.59. The second-order valence-electron chi connectivity index (χ2n) is 4.02. The maximum Gasteiger partial charge on any atom is 0.312 e. The molecule has 0 amide bonds. The Balaban J connectivity index is 2.16. The lowest BCUT2D eigenvalue weighted by atomic mass is 9.99. The molecule has 0 atom stereocenters. The van der Waals surface area contributed by atoms with E-state index >= 15 is 0 Å². The van der Waals surface area contributed by atoms with Gasteiger partial charge in [-0.25, -0.2) is 0 Å². The molecule has 2 rings (SSSR count). The quantitative estimate of drug-likeness (QED) is 0.479. The summed E-state index contributed by atoms with van der Waals surface area (Å²) in [7, 11) is 0. The summed E-state index contributed by atoms with van der Waals surface area (Å²) in [6.07, 6.45) is 0. The van der Waals surface area contributed by atoms with E-state index in [0.717, 1.165) is 4.90 Å². The normalized spacial score (nSPS) is 15.3. The lowest BCUT2D eigenvalue weighted by Gasteiger charge is -2.39. The molecule has 2 heterocycles. The van der Waals surface area contributed by atoms with E-state index in [9.17, 15) is 22.4 Å². The highest BCUT2D eigenvalue weighted by Crippen LogP contribution is 2.31. The third kappa shape index (κ3) is 2.34. The van der Waals surface area contributed by atoms with E-state index in [0.29, 0.717) is 0 Å². The molecule has 1 fully saturated rings. The van der Waals surface area contributed by atoms with Gasteiger partial charge in [0.15, 0.2) is 0 Å². The molecule has 0 aliphatic carbocycles. The first-order valence-corrected chi connectivity index (χ1v) is 5.57. The van der Waals surface area contributed by atoms with Crippen LogP contribution in [0.5, 0.6) is 0 Å². The lowest BCUT2D eigenvalue weighted by Crippen LogP contribution is -2.52. The molecule has 1 aromatic rings. The van der Waals surface area contributed by atoms with Crippen molar-refractivity contribution in [1.82, 2.24) is 4.98 Å². The Bertz CT molecular complexity index is 492. The number of ether oxygens (including phenoxy) is 1. The first-order valence-electron chi connectivity index (χ1n) is 5.57. The molecule has 19 heavy (non-hydrogen) atoms. The van der Waals surface area contributed by atoms with Gasteiger partial charge in [0.2, 0.25) is 11.6 Å². The topological polar surface area (TPSA) is 42.4 Å². The average Bonchev–Trinajstić information content (AvgIpc) is 2.29. The van der Waals surface area contributed by atoms with Gasteiger partial charge in [-0.3, -0.25) is 4.79 Å². The molecular weight excluding hydrogens is 268 g/mol. The van der Waals surface area contributed by atoms with Crippen LogP contribution in [0.3, 0.4) is 0 Å². The summed E-state index contributed by atoms with van der Waals surface area (Å²) in [6, 6.07) is 0. The highest BCUT2D eigenvalue weighted by molar-refractivity contribution is 5.76. The van der Waals surface area contributed by atoms with Gasteiger partial charge in [0.05, 0.1) is 12.5 Å². The molecule has 0 saturated carbocycles. The minimum Gasteiger partial charge on any atom is -0.466 e. The van der Waals surface area contributed by atoms with Gasteiger partial charge in [-0.1, -0.05) is 0 Å². The highest BCUT2D eigenvalue weighted by Gasteiger charge is 2.38. The van der Waals surface area contributed by atoms with Crippen LogP contribution in [0.1, 0.15) is 6.92 Å². The van der Waals surface area contributed by atoms with Crippen LogP contribution in [-0.4, -0.2) is 30.6 Å². The molecule has 0 unspecified atom stereocenters. The fraction of sp³-hybridized carbons (Fsp3) is 0.455. The number of aromatic nitrogens is 1. The molecule has 0 aromatic carbocycles. The molecule has 0 bridgehead atoms. The number of esters is 1. The van der Waals surface area contributed by atoms with Crippen molar-refractivity contribution >= 4 is 11.7 Å². The largest absolute Gasteiger partial charge is 0.466 e. The van der Waals surface area contributed by atoms with E-state index in [-0.39, 0.29) is 19.7 Å². The van der Waals surface area contributed by atoms with Crippen LogP contribution in [0.15, 0.2) is 0 Å². The number of nitrogens with zero attached hydrogens (tertiary/aromatic N) is 2. The third-order valence-electron chi connectivity index (χ3n) is 2.79. The molecule has 4 nitrogen and oxygen atoms in total. The van der Waals surface area contributed by atoms with Crippen molar-refractivity contribution in [1.29, 1.82) is 0 Å². The van der Waals surface area contributed by atoms with E-state index in [1.165, 1.54) is 0 Å². The van der Waals surface area contributed by atoms with E-state index in [2.05, 4.69) is 4.98 Å². The Morgan fingerprint density at radius 3 is 2.26 bits per heavy atom. The minimum absolute atomic E-state index is 0.0600. The van der Waals surface area contributed by atoms with Gasteiger partial charge in [-0.05, 0) is 6.92 Å². The fourth-order valence-corrected chi connectivity index (χ4v) is 1.82. The Morgan fingerprint density at radius 1 is 1.26 bits per heavy atom. The van der Waals surface area contributed by atoms with Gasteiger partial charge >= 0.3 is 5.97 Å². The lowest BCUT2D eigenvalue weighted by molar-refractivity contribution is -0.148. The van der Waals surface area contributed by atoms with Crippen LogP contribution in [0, 0.1) is 29.4 Å². The summed E-state index contributed by atoms with van der Waals surface area (Å²) in [5.74, 6) is -7.63. The van der Waals surface area contributed by atoms with Crippen molar-refractivity contribution in [3.8, 4) is 0 Å². The maximum absolute atomic E-state index is 13.4. The smallest absolute Gasteiger partial charge is 0.312 e. The number of halogens is 4. The number of carbonyl (C=O) groups excluding carboxylic acids is 1. The predicted molar refractivity (Wildman–Crippen MR) is 56.4 cm³/mol. The summed E-state index contributed by atoms with van der Waals surface area (Å²) in [5.41, 5.74) is -0.842. The second kappa shape index (κ2) is 5.02. The van der Waals surface area contributed by atoms with Crippen LogP contribution in [-0.2, 0) is 9.53 Å². The van der Waals surface area contributed by atoms with Crippen molar-refractivity contribution < 1.29 is 27.1 Å². The van der Waals surface area contributed by atoms with Crippen LogP contribution in [0.2, 0.25) is 0 Å². The van der Waals surface area contributed by atoms with Crippen molar-refractivity contribution in [3.63, 3.8) is 0 Å². The second-order valence-corrected chi connectivity index (χ2v) is 4.02. The zero-order valence-electron chi connectivity index (χ0n) is 9.92. The van der Waals surface area contributed by atoms with E-state index in [4.69, 9.17) is 4.74 Å². The molecule has 1 aliphatic rings. The predicted octanol–water partition coefficient (Wildman–Crippen LogP) is 1.64. The molecule has 8 heteroatoms. The number of anilines is 1. The fourth-order valence-electron chi connectivity index (χ4n) is 1.82. The molecule has 1 aromatic heterocycles. The maximum atomic E-state index is 13.4. The molecule has 0 N–H and O–H groups in total. The number of carbonyl (C=O) groups is 1. The summed E-state index contributed by atoms with van der Waals surface area (Å²) in [4.78, 5) is 14.8. The number of pyridine rings is 1. The van der Waals surface area contributed by atoms with Crippen molar-refractivity contribution in [2.45, 2.75) is 6.92 Å². The van der Waals surface area contributed by atoms with E-state index < -0.39 is 41.1 Å². The zero-order chi connectivity index (χ0) is 14.2. The summed E-state index contributed by atoms with van der Waals surface area (Å²) in [6.45, 7) is 1.70. The van der Waals surface area contributed by atoms with Gasteiger partial charge in [-0.2, -0.15) is 22.5 Å². The van der Waals surface area contributed by atoms with Gasteiger partial charge < -0.3 is 9.64 Å². The zero-order valence-corrected chi connectivity index (χ0v) is 9.92. The molecular formula is C11H10F4N2O2.